The molecule has 28 heavy (non-hydrogen) atoms. The van der Waals surface area contributed by atoms with Crippen molar-refractivity contribution in [2.45, 2.75) is 13.8 Å². The molecule has 0 radical (unpaired) electrons. The van der Waals surface area contributed by atoms with Gasteiger partial charge in [-0.15, -0.1) is 0 Å². The van der Waals surface area contributed by atoms with Gasteiger partial charge in [-0.3, -0.25) is 0 Å². The van der Waals surface area contributed by atoms with Crippen molar-refractivity contribution in [3.8, 4) is 12.1 Å². The molecule has 134 valence electrons. The molecule has 0 saturated heterocycles. The van der Waals surface area contributed by atoms with Gasteiger partial charge in [-0.05, 0) is 48.2 Å². The summed E-state index contributed by atoms with van der Waals surface area (Å²) in [6.07, 6.45) is 8.04. The number of hydrogen-bond acceptors (Lipinski definition) is 2. The summed E-state index contributed by atoms with van der Waals surface area (Å²) in [5.74, 6) is 0. The van der Waals surface area contributed by atoms with E-state index in [4.69, 9.17) is 0 Å². The summed E-state index contributed by atoms with van der Waals surface area (Å²) in [6.45, 7) is 4.12. The third-order valence-electron chi connectivity index (χ3n) is 4.46. The Morgan fingerprint density at radius 1 is 0.607 bits per heavy atom. The molecule has 2 nitrogen and oxygen atoms in total. The highest BCUT2D eigenvalue weighted by atomic mass is 14.3. The molecule has 0 saturated carbocycles. The normalized spacial score (nSPS) is 10.9. The van der Waals surface area contributed by atoms with Gasteiger partial charge >= 0.3 is 0 Å². The molecule has 0 bridgehead atoms. The van der Waals surface area contributed by atoms with Crippen LogP contribution in [-0.4, -0.2) is 0 Å². The summed E-state index contributed by atoms with van der Waals surface area (Å²) in [5.41, 5.74) is 7.16. The quantitative estimate of drug-likeness (QED) is 0.506. The number of hydrogen-bond donors (Lipinski definition) is 0. The molecule has 0 spiro atoms. The van der Waals surface area contributed by atoms with Gasteiger partial charge in [0.1, 0.15) is 12.1 Å². The first kappa shape index (κ1) is 18.9. The highest BCUT2D eigenvalue weighted by molar-refractivity contribution is 5.81. The Balaban J connectivity index is 2.04. The lowest BCUT2D eigenvalue weighted by Crippen LogP contribution is -1.90. The first-order valence-electron chi connectivity index (χ1n) is 9.07. The molecule has 3 aromatic carbocycles. The Labute approximate surface area is 166 Å². The maximum absolute atomic E-state index is 9.38. The molecule has 0 aliphatic carbocycles. The summed E-state index contributed by atoms with van der Waals surface area (Å²) in [4.78, 5) is 0. The van der Waals surface area contributed by atoms with E-state index in [1.807, 2.05) is 48.6 Å². The van der Waals surface area contributed by atoms with Crippen LogP contribution in [0.2, 0.25) is 0 Å². The Kier molecular flexibility index (Phi) is 5.85. The molecular weight excluding hydrogens is 340 g/mol. The maximum Gasteiger partial charge on any atom is 0.101 e. The van der Waals surface area contributed by atoms with Crippen LogP contribution >= 0.6 is 0 Å². The van der Waals surface area contributed by atoms with Crippen molar-refractivity contribution in [1.82, 2.24) is 0 Å². The molecule has 0 aliphatic rings. The van der Waals surface area contributed by atoms with Crippen molar-refractivity contribution in [2.75, 3.05) is 0 Å². The highest BCUT2D eigenvalue weighted by Crippen LogP contribution is 2.22. The summed E-state index contributed by atoms with van der Waals surface area (Å²) in [6, 6.07) is 24.3. The lowest BCUT2D eigenvalue weighted by atomic mass is 9.97. The second kappa shape index (κ2) is 8.67. The fraction of sp³-hybridized carbons (Fsp3) is 0.0769. The molecule has 3 rings (SSSR count). The standard InChI is InChI=1S/C26H20N2/c1-19-5-3-7-21(13-19)9-11-23-15-25(17-27)26(18-28)16-24(23)12-10-22-8-4-6-20(2)14-22/h3-16H,1-2H3/b11-9+,12-10+. The van der Waals surface area contributed by atoms with Crippen LogP contribution < -0.4 is 0 Å². The van der Waals surface area contributed by atoms with Crippen LogP contribution in [0.25, 0.3) is 24.3 Å². The molecule has 3 aromatic rings. The minimum atomic E-state index is 0.388. The van der Waals surface area contributed by atoms with Crippen LogP contribution in [0.15, 0.2) is 60.7 Å². The van der Waals surface area contributed by atoms with E-state index in [0.29, 0.717) is 11.1 Å². The second-order valence-electron chi connectivity index (χ2n) is 6.75. The minimum Gasteiger partial charge on any atom is -0.192 e. The van der Waals surface area contributed by atoms with Gasteiger partial charge in [0.05, 0.1) is 11.1 Å². The van der Waals surface area contributed by atoms with Crippen molar-refractivity contribution in [3.63, 3.8) is 0 Å². The number of nitrogens with zero attached hydrogens (tertiary/aromatic N) is 2. The zero-order valence-electron chi connectivity index (χ0n) is 16.0. The molecular formula is C26H20N2. The van der Waals surface area contributed by atoms with E-state index >= 15 is 0 Å². The fourth-order valence-electron chi connectivity index (χ4n) is 3.03. The van der Waals surface area contributed by atoms with Gasteiger partial charge in [-0.2, -0.15) is 10.5 Å². The molecule has 0 N–H and O–H groups in total. The van der Waals surface area contributed by atoms with Crippen molar-refractivity contribution >= 4 is 24.3 Å². The predicted molar refractivity (Wildman–Crippen MR) is 116 cm³/mol. The molecule has 0 amide bonds. The van der Waals surface area contributed by atoms with Gasteiger partial charge in [0.25, 0.3) is 0 Å². The molecule has 0 unspecified atom stereocenters. The summed E-state index contributed by atoms with van der Waals surface area (Å²) < 4.78 is 0. The molecule has 0 aromatic heterocycles. The van der Waals surface area contributed by atoms with E-state index in [-0.39, 0.29) is 0 Å². The van der Waals surface area contributed by atoms with Crippen LogP contribution in [0.3, 0.4) is 0 Å². The number of aryl methyl sites for hydroxylation is 2. The smallest absolute Gasteiger partial charge is 0.101 e. The van der Waals surface area contributed by atoms with Crippen molar-refractivity contribution in [2.24, 2.45) is 0 Å². The van der Waals surface area contributed by atoms with Gasteiger partial charge in [-0.1, -0.05) is 84.0 Å². The van der Waals surface area contributed by atoms with E-state index in [9.17, 15) is 10.5 Å². The van der Waals surface area contributed by atoms with E-state index in [0.717, 1.165) is 22.3 Å². The second-order valence-corrected chi connectivity index (χ2v) is 6.75. The summed E-state index contributed by atoms with van der Waals surface area (Å²) in [7, 11) is 0. The monoisotopic (exact) mass is 360 g/mol. The average molecular weight is 360 g/mol. The summed E-state index contributed by atoms with van der Waals surface area (Å²) >= 11 is 0. The largest absolute Gasteiger partial charge is 0.192 e. The number of nitriles is 2. The molecule has 0 atom stereocenters. The topological polar surface area (TPSA) is 47.6 Å². The Morgan fingerprint density at radius 2 is 1.04 bits per heavy atom. The van der Waals surface area contributed by atoms with E-state index in [1.165, 1.54) is 11.1 Å². The van der Waals surface area contributed by atoms with Gasteiger partial charge < -0.3 is 0 Å². The minimum absolute atomic E-state index is 0.388. The maximum atomic E-state index is 9.38. The zero-order valence-corrected chi connectivity index (χ0v) is 16.0. The van der Waals surface area contributed by atoms with Crippen LogP contribution in [0.4, 0.5) is 0 Å². The molecule has 0 fully saturated rings. The van der Waals surface area contributed by atoms with E-state index < -0.39 is 0 Å². The Bertz CT molecular complexity index is 1060. The number of benzene rings is 3. The van der Waals surface area contributed by atoms with Crippen LogP contribution in [0, 0.1) is 36.5 Å². The first-order valence-corrected chi connectivity index (χ1v) is 9.07. The van der Waals surface area contributed by atoms with E-state index in [2.05, 4.69) is 50.3 Å². The first-order chi connectivity index (χ1) is 13.6. The zero-order chi connectivity index (χ0) is 19.9. The van der Waals surface area contributed by atoms with Gasteiger partial charge in [-0.25, -0.2) is 0 Å². The molecule has 2 heteroatoms. The Hall–Kier alpha value is -3.88. The predicted octanol–water partition coefficient (Wildman–Crippen LogP) is 6.39. The molecule has 0 heterocycles. The van der Waals surface area contributed by atoms with Crippen LogP contribution in [-0.2, 0) is 0 Å². The average Bonchev–Trinajstić information content (AvgIpc) is 2.70. The van der Waals surface area contributed by atoms with Gasteiger partial charge in [0.15, 0.2) is 0 Å². The third-order valence-corrected chi connectivity index (χ3v) is 4.46. The lowest BCUT2D eigenvalue weighted by Gasteiger charge is -2.05. The van der Waals surface area contributed by atoms with Crippen molar-refractivity contribution in [1.29, 1.82) is 10.5 Å². The van der Waals surface area contributed by atoms with E-state index in [1.54, 1.807) is 12.1 Å². The lowest BCUT2D eigenvalue weighted by molar-refractivity contribution is 1.42. The van der Waals surface area contributed by atoms with Crippen molar-refractivity contribution in [3.05, 3.63) is 105 Å². The highest BCUT2D eigenvalue weighted by Gasteiger charge is 2.06. The fourth-order valence-corrected chi connectivity index (χ4v) is 3.03. The van der Waals surface area contributed by atoms with Crippen LogP contribution in [0.5, 0.6) is 0 Å². The summed E-state index contributed by atoms with van der Waals surface area (Å²) in [5, 5.41) is 18.8. The SMILES string of the molecule is Cc1cccc(/C=C/c2cc(C#N)c(C#N)cc2/C=C/c2cccc(C)c2)c1. The third kappa shape index (κ3) is 4.64. The molecule has 0 aliphatic heterocycles. The van der Waals surface area contributed by atoms with Gasteiger partial charge in [0.2, 0.25) is 0 Å². The van der Waals surface area contributed by atoms with Crippen LogP contribution in [0.1, 0.15) is 44.5 Å². The van der Waals surface area contributed by atoms with Crippen molar-refractivity contribution < 1.29 is 0 Å². The Morgan fingerprint density at radius 3 is 1.39 bits per heavy atom. The van der Waals surface area contributed by atoms with Gasteiger partial charge in [0, 0.05) is 0 Å². The number of rotatable bonds is 4.